The van der Waals surface area contributed by atoms with Crippen molar-refractivity contribution < 1.29 is 9.84 Å². The number of ether oxygens (including phenoxy) is 1. The van der Waals surface area contributed by atoms with Gasteiger partial charge in [0.15, 0.2) is 17.3 Å². The summed E-state index contributed by atoms with van der Waals surface area (Å²) in [7, 11) is 1.50. The van der Waals surface area contributed by atoms with Crippen LogP contribution in [0.4, 0.5) is 0 Å². The van der Waals surface area contributed by atoms with E-state index < -0.39 is 0 Å². The average molecular weight is 326 g/mol. The van der Waals surface area contributed by atoms with E-state index in [1.807, 2.05) is 30.3 Å². The molecular weight excluding hydrogens is 312 g/mol. The lowest BCUT2D eigenvalue weighted by atomic mass is 10.2. The van der Waals surface area contributed by atoms with Crippen molar-refractivity contribution >= 4 is 18.4 Å². The number of aromatic hydroxyl groups is 1. The molecule has 0 fully saturated rings. The second-order valence-electron chi connectivity index (χ2n) is 4.71. The molecule has 0 bridgehead atoms. The Morgan fingerprint density at radius 1 is 1.26 bits per heavy atom. The minimum absolute atomic E-state index is 0.0514. The predicted octanol–water partition coefficient (Wildman–Crippen LogP) is 3.20. The van der Waals surface area contributed by atoms with Crippen LogP contribution in [0.15, 0.2) is 53.6 Å². The molecule has 0 radical (unpaired) electrons. The van der Waals surface area contributed by atoms with E-state index in [0.717, 1.165) is 5.56 Å². The van der Waals surface area contributed by atoms with Crippen LogP contribution in [0.25, 0.3) is 11.4 Å². The van der Waals surface area contributed by atoms with Gasteiger partial charge in [-0.05, 0) is 36.0 Å². The summed E-state index contributed by atoms with van der Waals surface area (Å²) >= 11 is 5.22. The summed E-state index contributed by atoms with van der Waals surface area (Å²) in [5, 5.41) is 21.1. The largest absolute Gasteiger partial charge is 0.504 e. The second-order valence-corrected chi connectivity index (χ2v) is 5.09. The van der Waals surface area contributed by atoms with Crippen molar-refractivity contribution in [2.45, 2.75) is 0 Å². The molecule has 0 aliphatic rings. The number of hydrogen-bond acceptors (Lipinski definition) is 5. The van der Waals surface area contributed by atoms with Crippen molar-refractivity contribution in [3.05, 3.63) is 58.9 Å². The summed E-state index contributed by atoms with van der Waals surface area (Å²) in [5.74, 6) is 1.08. The number of nitrogens with zero attached hydrogens (tertiary/aromatic N) is 3. The third-order valence-corrected chi connectivity index (χ3v) is 3.47. The molecule has 0 saturated heterocycles. The van der Waals surface area contributed by atoms with Gasteiger partial charge in [0.05, 0.1) is 13.3 Å². The predicted molar refractivity (Wildman–Crippen MR) is 90.5 cm³/mol. The molecule has 2 aromatic carbocycles. The fourth-order valence-electron chi connectivity index (χ4n) is 2.08. The maximum absolute atomic E-state index is 9.80. The van der Waals surface area contributed by atoms with E-state index in [-0.39, 0.29) is 5.75 Å². The SMILES string of the molecule is COc1ccc(/C=N/n2c(-c3ccccc3)n[nH]c2=S)cc1O. The number of H-pyrrole nitrogens is 1. The molecule has 1 heterocycles. The highest BCUT2D eigenvalue weighted by atomic mass is 32.1. The summed E-state index contributed by atoms with van der Waals surface area (Å²) in [4.78, 5) is 0. The molecule has 116 valence electrons. The lowest BCUT2D eigenvalue weighted by molar-refractivity contribution is 0.373. The molecule has 0 spiro atoms. The van der Waals surface area contributed by atoms with Gasteiger partial charge in [0.1, 0.15) is 0 Å². The van der Waals surface area contributed by atoms with Gasteiger partial charge in [0.25, 0.3) is 0 Å². The first-order valence-corrected chi connectivity index (χ1v) is 7.24. The van der Waals surface area contributed by atoms with Crippen LogP contribution in [-0.2, 0) is 0 Å². The van der Waals surface area contributed by atoms with Crippen LogP contribution in [0.1, 0.15) is 5.56 Å². The smallest absolute Gasteiger partial charge is 0.216 e. The van der Waals surface area contributed by atoms with Crippen molar-refractivity contribution in [2.24, 2.45) is 5.10 Å². The Bertz CT molecular complexity index is 900. The third-order valence-electron chi connectivity index (χ3n) is 3.21. The van der Waals surface area contributed by atoms with Crippen molar-refractivity contribution in [3.63, 3.8) is 0 Å². The number of benzene rings is 2. The van der Waals surface area contributed by atoms with Gasteiger partial charge < -0.3 is 9.84 Å². The van der Waals surface area contributed by atoms with Gasteiger partial charge in [-0.15, -0.1) is 0 Å². The van der Waals surface area contributed by atoms with Gasteiger partial charge >= 0.3 is 0 Å². The molecule has 0 unspecified atom stereocenters. The maximum Gasteiger partial charge on any atom is 0.216 e. The van der Waals surface area contributed by atoms with Gasteiger partial charge in [-0.1, -0.05) is 30.3 Å². The number of hydrogen-bond donors (Lipinski definition) is 2. The molecule has 1 aromatic heterocycles. The van der Waals surface area contributed by atoms with Crippen molar-refractivity contribution in [2.75, 3.05) is 7.11 Å². The minimum Gasteiger partial charge on any atom is -0.504 e. The molecule has 0 saturated carbocycles. The number of aromatic nitrogens is 3. The molecular formula is C16H14N4O2S. The van der Waals surface area contributed by atoms with E-state index in [2.05, 4.69) is 15.3 Å². The van der Waals surface area contributed by atoms with Gasteiger partial charge in [-0.3, -0.25) is 0 Å². The number of aromatic amines is 1. The first-order chi connectivity index (χ1) is 11.2. The molecule has 3 rings (SSSR count). The highest BCUT2D eigenvalue weighted by Crippen LogP contribution is 2.25. The number of methoxy groups -OCH3 is 1. The number of phenolic OH excluding ortho intramolecular Hbond substituents is 1. The van der Waals surface area contributed by atoms with E-state index >= 15 is 0 Å². The van der Waals surface area contributed by atoms with Crippen molar-refractivity contribution in [1.29, 1.82) is 0 Å². The van der Waals surface area contributed by atoms with Crippen LogP contribution in [0.3, 0.4) is 0 Å². The van der Waals surface area contributed by atoms with Crippen LogP contribution in [-0.4, -0.2) is 33.3 Å². The fourth-order valence-corrected chi connectivity index (χ4v) is 2.26. The summed E-state index contributed by atoms with van der Waals surface area (Å²) in [6, 6.07) is 14.6. The molecule has 0 aliphatic carbocycles. The van der Waals surface area contributed by atoms with E-state index in [1.165, 1.54) is 11.8 Å². The van der Waals surface area contributed by atoms with Crippen LogP contribution in [0.5, 0.6) is 11.5 Å². The zero-order valence-electron chi connectivity index (χ0n) is 12.3. The van der Waals surface area contributed by atoms with Crippen molar-refractivity contribution in [1.82, 2.24) is 14.9 Å². The zero-order chi connectivity index (χ0) is 16.2. The fraction of sp³-hybridized carbons (Fsp3) is 0.0625. The molecule has 23 heavy (non-hydrogen) atoms. The molecule has 0 aliphatic heterocycles. The van der Waals surface area contributed by atoms with Crippen LogP contribution in [0.2, 0.25) is 0 Å². The average Bonchev–Trinajstić information content (AvgIpc) is 2.94. The molecule has 0 amide bonds. The highest BCUT2D eigenvalue weighted by Gasteiger charge is 2.07. The van der Waals surface area contributed by atoms with Crippen molar-refractivity contribution in [3.8, 4) is 22.9 Å². The summed E-state index contributed by atoms with van der Waals surface area (Å²) in [5.41, 5.74) is 1.61. The molecule has 6 nitrogen and oxygen atoms in total. The Hall–Kier alpha value is -2.93. The monoisotopic (exact) mass is 326 g/mol. The first kappa shape index (κ1) is 15.0. The van der Waals surface area contributed by atoms with Gasteiger partial charge in [-0.2, -0.15) is 14.9 Å². The molecule has 2 N–H and O–H groups in total. The Morgan fingerprint density at radius 3 is 2.74 bits per heavy atom. The van der Waals surface area contributed by atoms with Gasteiger partial charge in [0, 0.05) is 5.56 Å². The lowest BCUT2D eigenvalue weighted by Gasteiger charge is -2.03. The second kappa shape index (κ2) is 6.45. The standard InChI is InChI=1S/C16H14N4O2S/c1-22-14-8-7-11(9-13(14)21)10-17-20-15(18-19-16(20)23)12-5-3-2-4-6-12/h2-10,21H,1H3,(H,19,23)/b17-10+. The third kappa shape index (κ3) is 3.14. The normalized spacial score (nSPS) is 11.0. The van der Waals surface area contributed by atoms with Gasteiger partial charge in [-0.25, -0.2) is 5.10 Å². The highest BCUT2D eigenvalue weighted by molar-refractivity contribution is 7.71. The topological polar surface area (TPSA) is 75.4 Å². The quantitative estimate of drug-likeness (QED) is 0.570. The summed E-state index contributed by atoms with van der Waals surface area (Å²) in [6.07, 6.45) is 1.59. The molecule has 0 atom stereocenters. The Kier molecular flexibility index (Phi) is 4.20. The Labute approximate surface area is 137 Å². The first-order valence-electron chi connectivity index (χ1n) is 6.83. The lowest BCUT2D eigenvalue weighted by Crippen LogP contribution is -1.95. The molecule has 3 aromatic rings. The van der Waals surface area contributed by atoms with Crippen LogP contribution >= 0.6 is 12.2 Å². The zero-order valence-corrected chi connectivity index (χ0v) is 13.1. The summed E-state index contributed by atoms with van der Waals surface area (Å²) < 4.78 is 6.94. The summed E-state index contributed by atoms with van der Waals surface area (Å²) in [6.45, 7) is 0. The Morgan fingerprint density at radius 2 is 2.04 bits per heavy atom. The number of phenols is 1. The maximum atomic E-state index is 9.80. The molecule has 7 heteroatoms. The van der Waals surface area contributed by atoms with Crippen LogP contribution < -0.4 is 4.74 Å². The van der Waals surface area contributed by atoms with E-state index in [0.29, 0.717) is 21.9 Å². The van der Waals surface area contributed by atoms with Gasteiger partial charge in [0.2, 0.25) is 4.77 Å². The minimum atomic E-state index is 0.0514. The Balaban J connectivity index is 1.96. The van der Waals surface area contributed by atoms with E-state index in [9.17, 15) is 5.11 Å². The number of nitrogens with one attached hydrogen (secondary N) is 1. The van der Waals surface area contributed by atoms with Crippen LogP contribution in [0, 0.1) is 4.77 Å². The van der Waals surface area contributed by atoms with E-state index in [4.69, 9.17) is 17.0 Å². The van der Waals surface area contributed by atoms with E-state index in [1.54, 1.807) is 24.4 Å². The number of rotatable bonds is 4.